The summed E-state index contributed by atoms with van der Waals surface area (Å²) in [7, 11) is 0. The molecular weight excluding hydrogens is 369 g/mol. The number of carbonyl (C=O) groups is 1. The average molecular weight is 389 g/mol. The number of nitrogens with two attached hydrogens (primary N) is 1. The minimum Gasteiger partial charge on any atom is -0.484 e. The average Bonchev–Trinajstić information content (AvgIpc) is 2.54. The van der Waals surface area contributed by atoms with Crippen LogP contribution in [0.5, 0.6) is 5.75 Å². The third-order valence-corrected chi connectivity index (χ3v) is 3.67. The van der Waals surface area contributed by atoms with E-state index in [1.54, 1.807) is 38.1 Å². The molecule has 1 atom stereocenters. The Bertz CT molecular complexity index is 750. The smallest absolute Gasteiger partial charge is 0.422 e. The van der Waals surface area contributed by atoms with Crippen LogP contribution in [0.3, 0.4) is 0 Å². The minimum absolute atomic E-state index is 0. The maximum absolute atomic E-state index is 12.5. The molecule has 0 aromatic heterocycles. The Labute approximate surface area is 155 Å². The van der Waals surface area contributed by atoms with Crippen LogP contribution in [-0.2, 0) is 10.3 Å². The van der Waals surface area contributed by atoms with Crippen LogP contribution in [0.4, 0.5) is 18.9 Å². The third-order valence-electron chi connectivity index (χ3n) is 3.67. The molecule has 0 fully saturated rings. The maximum atomic E-state index is 12.5. The number of nitrogens with one attached hydrogen (secondary N) is 1. The van der Waals surface area contributed by atoms with E-state index < -0.39 is 24.2 Å². The number of rotatable bonds is 5. The van der Waals surface area contributed by atoms with Crippen LogP contribution in [0.2, 0.25) is 0 Å². The minimum atomic E-state index is -4.41. The van der Waals surface area contributed by atoms with E-state index in [-0.39, 0.29) is 18.2 Å². The summed E-state index contributed by atoms with van der Waals surface area (Å²) in [4.78, 5) is 12.5. The van der Waals surface area contributed by atoms with Gasteiger partial charge in [0, 0.05) is 5.69 Å². The number of amides is 1. The van der Waals surface area contributed by atoms with Crippen LogP contribution in [0.25, 0.3) is 0 Å². The molecule has 0 aliphatic heterocycles. The Balaban J connectivity index is 0.00000338. The molecule has 0 saturated carbocycles. The second kappa shape index (κ2) is 8.42. The van der Waals surface area contributed by atoms with E-state index in [1.165, 1.54) is 18.2 Å². The third kappa shape index (κ3) is 5.64. The van der Waals surface area contributed by atoms with Crippen molar-refractivity contribution in [3.8, 4) is 5.75 Å². The second-order valence-electron chi connectivity index (χ2n) is 5.91. The zero-order valence-electron chi connectivity index (χ0n) is 14.3. The number of benzene rings is 2. The van der Waals surface area contributed by atoms with E-state index >= 15 is 0 Å². The van der Waals surface area contributed by atoms with E-state index in [4.69, 9.17) is 10.5 Å². The lowest BCUT2D eigenvalue weighted by Crippen LogP contribution is -2.45. The largest absolute Gasteiger partial charge is 0.484 e. The predicted molar refractivity (Wildman–Crippen MR) is 96.6 cm³/mol. The highest BCUT2D eigenvalue weighted by atomic mass is 35.5. The molecular formula is C18H20ClF3N2O2. The van der Waals surface area contributed by atoms with Crippen molar-refractivity contribution in [1.82, 2.24) is 0 Å². The molecule has 0 bridgehead atoms. The molecule has 0 aliphatic rings. The van der Waals surface area contributed by atoms with Crippen molar-refractivity contribution in [3.05, 3.63) is 59.7 Å². The molecule has 3 N–H and O–H groups in total. The topological polar surface area (TPSA) is 64.4 Å². The summed E-state index contributed by atoms with van der Waals surface area (Å²) in [6.07, 6.45) is -4.41. The maximum Gasteiger partial charge on any atom is 0.422 e. The Kier molecular flexibility index (Phi) is 7.06. The molecule has 1 unspecified atom stereocenters. The normalized spacial score (nSPS) is 13.3. The summed E-state index contributed by atoms with van der Waals surface area (Å²) >= 11 is 0. The number of halogens is 4. The van der Waals surface area contributed by atoms with Crippen LogP contribution < -0.4 is 15.8 Å². The van der Waals surface area contributed by atoms with Gasteiger partial charge in [-0.25, -0.2) is 0 Å². The highest BCUT2D eigenvalue weighted by Crippen LogP contribution is 2.26. The van der Waals surface area contributed by atoms with Gasteiger partial charge in [-0.15, -0.1) is 12.4 Å². The van der Waals surface area contributed by atoms with Gasteiger partial charge < -0.3 is 15.8 Å². The number of anilines is 1. The molecule has 2 rings (SSSR count). The zero-order chi connectivity index (χ0) is 18.7. The Morgan fingerprint density at radius 1 is 1.15 bits per heavy atom. The monoisotopic (exact) mass is 388 g/mol. The molecule has 2 aromatic rings. The lowest BCUT2D eigenvalue weighted by Gasteiger charge is -2.24. The van der Waals surface area contributed by atoms with Crippen molar-refractivity contribution in [1.29, 1.82) is 0 Å². The number of ether oxygens (including phenoxy) is 1. The molecule has 26 heavy (non-hydrogen) atoms. The molecule has 0 saturated heterocycles. The first-order valence-corrected chi connectivity index (χ1v) is 7.55. The van der Waals surface area contributed by atoms with E-state index in [0.717, 1.165) is 0 Å². The molecule has 0 aliphatic carbocycles. The van der Waals surface area contributed by atoms with Gasteiger partial charge >= 0.3 is 6.18 Å². The number of carbonyl (C=O) groups excluding carboxylic acids is 1. The van der Waals surface area contributed by atoms with Crippen LogP contribution >= 0.6 is 12.4 Å². The first-order valence-electron chi connectivity index (χ1n) is 7.55. The highest BCUT2D eigenvalue weighted by Gasteiger charge is 2.31. The molecule has 0 heterocycles. The van der Waals surface area contributed by atoms with Gasteiger partial charge in [0.2, 0.25) is 5.91 Å². The fourth-order valence-corrected chi connectivity index (χ4v) is 2.23. The van der Waals surface area contributed by atoms with Gasteiger partial charge in [-0.1, -0.05) is 30.3 Å². The summed E-state index contributed by atoms with van der Waals surface area (Å²) in [5.74, 6) is -0.323. The molecule has 4 nitrogen and oxygen atoms in total. The van der Waals surface area contributed by atoms with Gasteiger partial charge in [0.25, 0.3) is 0 Å². The molecule has 8 heteroatoms. The number of hydrogen-bond donors (Lipinski definition) is 2. The molecule has 142 valence electrons. The van der Waals surface area contributed by atoms with Crippen molar-refractivity contribution >= 4 is 24.0 Å². The lowest BCUT2D eigenvalue weighted by atomic mass is 9.92. The summed E-state index contributed by atoms with van der Waals surface area (Å²) in [5.41, 5.74) is 6.43. The van der Waals surface area contributed by atoms with E-state index in [9.17, 15) is 18.0 Å². The van der Waals surface area contributed by atoms with Crippen LogP contribution in [0.15, 0.2) is 48.5 Å². The second-order valence-corrected chi connectivity index (χ2v) is 5.91. The number of alkyl halides is 3. The fourth-order valence-electron chi connectivity index (χ4n) is 2.23. The van der Waals surface area contributed by atoms with Crippen molar-refractivity contribution in [2.45, 2.75) is 25.6 Å². The molecule has 0 radical (unpaired) electrons. The Hall–Kier alpha value is -2.25. The highest BCUT2D eigenvalue weighted by molar-refractivity contribution is 5.98. The van der Waals surface area contributed by atoms with Gasteiger partial charge in [0.1, 0.15) is 11.3 Å². The van der Waals surface area contributed by atoms with E-state index in [0.29, 0.717) is 16.8 Å². The molecule has 2 aromatic carbocycles. The summed E-state index contributed by atoms with van der Waals surface area (Å²) < 4.78 is 41.4. The van der Waals surface area contributed by atoms with Gasteiger partial charge in [-0.3, -0.25) is 4.79 Å². The van der Waals surface area contributed by atoms with Gasteiger partial charge in [-0.2, -0.15) is 13.2 Å². The van der Waals surface area contributed by atoms with E-state index in [2.05, 4.69) is 5.32 Å². The van der Waals surface area contributed by atoms with E-state index in [1.807, 2.05) is 6.07 Å². The number of aryl methyl sites for hydroxylation is 1. The first kappa shape index (κ1) is 21.8. The number of hydrogen-bond acceptors (Lipinski definition) is 3. The Morgan fingerprint density at radius 2 is 1.77 bits per heavy atom. The summed E-state index contributed by atoms with van der Waals surface area (Å²) in [6, 6.07) is 13.3. The van der Waals surface area contributed by atoms with Gasteiger partial charge in [0.05, 0.1) is 0 Å². The Morgan fingerprint density at radius 3 is 2.31 bits per heavy atom. The van der Waals surface area contributed by atoms with Crippen LogP contribution in [-0.4, -0.2) is 18.7 Å². The van der Waals surface area contributed by atoms with Crippen molar-refractivity contribution in [3.63, 3.8) is 0 Å². The zero-order valence-corrected chi connectivity index (χ0v) is 15.1. The van der Waals surface area contributed by atoms with Crippen molar-refractivity contribution in [2.24, 2.45) is 5.73 Å². The van der Waals surface area contributed by atoms with Crippen LogP contribution in [0, 0.1) is 6.92 Å². The lowest BCUT2D eigenvalue weighted by molar-refractivity contribution is -0.153. The SMILES string of the molecule is Cc1cc(NC(=O)C(C)(N)c2ccccc2)ccc1OCC(F)(F)F.Cl. The van der Waals surface area contributed by atoms with Gasteiger partial charge in [0.15, 0.2) is 6.61 Å². The van der Waals surface area contributed by atoms with Crippen molar-refractivity contribution in [2.75, 3.05) is 11.9 Å². The summed E-state index contributed by atoms with van der Waals surface area (Å²) in [6.45, 7) is 1.82. The standard InChI is InChI=1S/C18H19F3N2O2.ClH/c1-12-10-14(8-9-15(12)25-11-18(19,20)21)23-16(24)17(2,22)13-6-4-3-5-7-13;/h3-10H,11,22H2,1-2H3,(H,23,24);1H. The fraction of sp³-hybridized carbons (Fsp3) is 0.278. The van der Waals surface area contributed by atoms with Gasteiger partial charge in [-0.05, 0) is 43.2 Å². The van der Waals surface area contributed by atoms with Crippen LogP contribution in [0.1, 0.15) is 18.1 Å². The molecule has 1 amide bonds. The summed E-state index contributed by atoms with van der Waals surface area (Å²) in [5, 5.41) is 2.68. The first-order chi connectivity index (χ1) is 11.6. The quantitative estimate of drug-likeness (QED) is 0.808. The van der Waals surface area contributed by atoms with Crippen molar-refractivity contribution < 1.29 is 22.7 Å². The molecule has 0 spiro atoms. The predicted octanol–water partition coefficient (Wildman–Crippen LogP) is 4.17.